The number of para-hydroxylation sites is 2. The van der Waals surface area contributed by atoms with Crippen molar-refractivity contribution in [3.05, 3.63) is 168 Å². The van der Waals surface area contributed by atoms with Crippen molar-refractivity contribution in [2.24, 2.45) is 0 Å². The molecular weight excluding hydrogens is 613 g/mol. The van der Waals surface area contributed by atoms with E-state index in [2.05, 4.69) is 91.9 Å². The van der Waals surface area contributed by atoms with E-state index in [1.54, 1.807) is 0 Å². The summed E-state index contributed by atoms with van der Waals surface area (Å²) in [6.07, 6.45) is 10.4. The number of phenolic OH excluding ortho intramolecular Hbond substituents is 2. The lowest BCUT2D eigenvalue weighted by Gasteiger charge is -2.28. The Kier molecular flexibility index (Phi) is 7.19. The number of aromatic hydroxyl groups is 2. The van der Waals surface area contributed by atoms with Gasteiger partial charge in [-0.05, 0) is 84.6 Å². The van der Waals surface area contributed by atoms with Crippen molar-refractivity contribution >= 4 is 44.0 Å². The molecule has 0 amide bonds. The van der Waals surface area contributed by atoms with Crippen molar-refractivity contribution in [2.45, 2.75) is 31.3 Å². The van der Waals surface area contributed by atoms with Gasteiger partial charge in [-0.3, -0.25) is 0 Å². The zero-order chi connectivity index (χ0) is 33.9. The molecule has 2 aliphatic rings. The van der Waals surface area contributed by atoms with Gasteiger partial charge in [-0.15, -0.1) is 0 Å². The van der Waals surface area contributed by atoms with Crippen molar-refractivity contribution in [1.29, 1.82) is 0 Å². The molecule has 0 spiro atoms. The molecule has 0 aromatic heterocycles. The van der Waals surface area contributed by atoms with Crippen LogP contribution in [-0.2, 0) is 0 Å². The van der Waals surface area contributed by atoms with Gasteiger partial charge in [0.2, 0.25) is 0 Å². The zero-order valence-electron chi connectivity index (χ0n) is 27.7. The minimum Gasteiger partial charge on any atom is -0.507 e. The molecule has 50 heavy (non-hydrogen) atoms. The maximum absolute atomic E-state index is 12.0. The highest BCUT2D eigenvalue weighted by molar-refractivity contribution is 6.09. The van der Waals surface area contributed by atoms with E-state index in [4.69, 9.17) is 0 Å². The molecule has 0 fully saturated rings. The Balaban J connectivity index is 1.14. The Morgan fingerprint density at radius 1 is 0.580 bits per heavy atom. The van der Waals surface area contributed by atoms with E-state index in [0.29, 0.717) is 28.2 Å². The second-order valence-corrected chi connectivity index (χ2v) is 13.6. The van der Waals surface area contributed by atoms with E-state index in [9.17, 15) is 15.3 Å². The van der Waals surface area contributed by atoms with Crippen LogP contribution in [0, 0.1) is 0 Å². The lowest BCUT2D eigenvalue weighted by Crippen LogP contribution is -2.21. The molecule has 7 aromatic rings. The first-order valence-corrected chi connectivity index (χ1v) is 17.3. The Hall–Kier alpha value is -5.90. The normalized spacial score (nSPS) is 18.4. The third-order valence-electron chi connectivity index (χ3n) is 10.8. The number of aliphatic hydroxyl groups excluding tert-OH is 1. The lowest BCUT2D eigenvalue weighted by atomic mass is 9.79. The summed E-state index contributed by atoms with van der Waals surface area (Å²) >= 11 is 0. The topological polar surface area (TPSA) is 60.7 Å². The highest BCUT2D eigenvalue weighted by Crippen LogP contribution is 2.49. The molecule has 9 rings (SSSR count). The first-order valence-electron chi connectivity index (χ1n) is 17.3. The van der Waals surface area contributed by atoms with E-state index >= 15 is 0 Å². The van der Waals surface area contributed by atoms with Gasteiger partial charge in [0.1, 0.15) is 11.5 Å². The van der Waals surface area contributed by atoms with Gasteiger partial charge in [0.15, 0.2) is 0 Å². The van der Waals surface area contributed by atoms with Gasteiger partial charge < -0.3 is 15.3 Å². The van der Waals surface area contributed by atoms with Crippen molar-refractivity contribution in [3.63, 3.8) is 0 Å². The maximum atomic E-state index is 12.0. The minimum atomic E-state index is -0.899. The zero-order valence-corrected chi connectivity index (χ0v) is 27.7. The average Bonchev–Trinajstić information content (AvgIpc) is 3.15. The SMILES string of the molecule is CC1CC=Cc2c(-c3cccc(-c4cccc(C5=CC=CC(c6cc7ccccc7c7ccccc67)C5O)c4O)c3O)cc3ccccc3c21. The van der Waals surface area contributed by atoms with Crippen molar-refractivity contribution in [1.82, 2.24) is 0 Å². The number of benzene rings is 7. The van der Waals surface area contributed by atoms with E-state index in [-0.39, 0.29) is 17.4 Å². The molecule has 3 heteroatoms. The summed E-state index contributed by atoms with van der Waals surface area (Å²) in [4.78, 5) is 0. The number of phenols is 2. The maximum Gasteiger partial charge on any atom is 0.131 e. The van der Waals surface area contributed by atoms with Crippen LogP contribution in [0.25, 0.3) is 66.2 Å². The second-order valence-electron chi connectivity index (χ2n) is 13.6. The summed E-state index contributed by atoms with van der Waals surface area (Å²) in [6, 6.07) is 40.8. The van der Waals surface area contributed by atoms with Gasteiger partial charge in [0.05, 0.1) is 6.10 Å². The Bertz CT molecular complexity index is 2590. The average molecular weight is 649 g/mol. The van der Waals surface area contributed by atoms with Crippen molar-refractivity contribution in [2.75, 3.05) is 0 Å². The summed E-state index contributed by atoms with van der Waals surface area (Å²) in [6.45, 7) is 2.26. The van der Waals surface area contributed by atoms with Crippen LogP contribution in [0.5, 0.6) is 11.5 Å². The summed E-state index contributed by atoms with van der Waals surface area (Å²) in [7, 11) is 0. The number of aliphatic hydroxyl groups is 1. The summed E-state index contributed by atoms with van der Waals surface area (Å²) in [5.41, 5.74) is 7.38. The molecule has 0 saturated carbocycles. The molecular formula is C47H36O3. The van der Waals surface area contributed by atoms with Crippen LogP contribution in [0.3, 0.4) is 0 Å². The molecule has 0 radical (unpaired) electrons. The van der Waals surface area contributed by atoms with Gasteiger partial charge in [-0.2, -0.15) is 0 Å². The van der Waals surface area contributed by atoms with E-state index in [1.807, 2.05) is 66.8 Å². The number of rotatable bonds is 4. The Labute approximate surface area is 291 Å². The predicted octanol–water partition coefficient (Wildman–Crippen LogP) is 11.5. The van der Waals surface area contributed by atoms with Crippen LogP contribution in [0.4, 0.5) is 0 Å². The molecule has 0 heterocycles. The summed E-state index contributed by atoms with van der Waals surface area (Å²) in [5, 5.41) is 42.9. The van der Waals surface area contributed by atoms with Gasteiger partial charge in [-0.25, -0.2) is 0 Å². The van der Waals surface area contributed by atoms with Crippen LogP contribution in [-0.4, -0.2) is 21.4 Å². The van der Waals surface area contributed by atoms with Gasteiger partial charge in [-0.1, -0.05) is 146 Å². The second kappa shape index (κ2) is 11.9. The standard InChI is InChI=1S/C47H36O3/c1-28-12-8-19-35-43(27-30-14-3-5-16-32(30)44(28)35)41-25-11-23-39(47(41)50)37-21-9-20-36(45(37)48)38-22-10-24-40(46(38)49)42-26-29-13-2-4-15-31(29)33-17-6-7-18-34(33)42/h2-11,13-28,40,46,48-50H,12H2,1H3. The number of hydrogen-bond acceptors (Lipinski definition) is 3. The van der Waals surface area contributed by atoms with Crippen molar-refractivity contribution < 1.29 is 15.3 Å². The molecule has 3 unspecified atom stereocenters. The van der Waals surface area contributed by atoms with Crippen molar-refractivity contribution in [3.8, 4) is 33.8 Å². The molecule has 0 bridgehead atoms. The van der Waals surface area contributed by atoms with Crippen LogP contribution >= 0.6 is 0 Å². The highest BCUT2D eigenvalue weighted by Gasteiger charge is 2.30. The molecule has 3 atom stereocenters. The molecule has 3 N–H and O–H groups in total. The largest absolute Gasteiger partial charge is 0.507 e. The van der Waals surface area contributed by atoms with Crippen LogP contribution in [0.1, 0.15) is 47.4 Å². The van der Waals surface area contributed by atoms with Gasteiger partial charge in [0, 0.05) is 28.2 Å². The number of fused-ring (bicyclic) bond motifs is 6. The summed E-state index contributed by atoms with van der Waals surface area (Å²) < 4.78 is 0. The van der Waals surface area contributed by atoms with E-state index < -0.39 is 6.10 Å². The van der Waals surface area contributed by atoms with Crippen LogP contribution < -0.4 is 0 Å². The van der Waals surface area contributed by atoms with E-state index in [0.717, 1.165) is 50.2 Å². The minimum absolute atomic E-state index is 0.0247. The first-order chi connectivity index (χ1) is 24.5. The fourth-order valence-electron chi connectivity index (χ4n) is 8.36. The third-order valence-corrected chi connectivity index (χ3v) is 10.8. The third kappa shape index (κ3) is 4.69. The monoisotopic (exact) mass is 648 g/mol. The highest BCUT2D eigenvalue weighted by atomic mass is 16.3. The lowest BCUT2D eigenvalue weighted by molar-refractivity contribution is 0.215. The fourth-order valence-corrected chi connectivity index (χ4v) is 8.36. The quantitative estimate of drug-likeness (QED) is 0.166. The smallest absolute Gasteiger partial charge is 0.131 e. The molecule has 3 nitrogen and oxygen atoms in total. The number of allylic oxidation sites excluding steroid dienone is 3. The Morgan fingerprint density at radius 2 is 1.16 bits per heavy atom. The van der Waals surface area contributed by atoms with Gasteiger partial charge in [0.25, 0.3) is 0 Å². The fraction of sp³-hybridized carbons (Fsp3) is 0.106. The molecule has 0 saturated heterocycles. The Morgan fingerprint density at radius 3 is 1.90 bits per heavy atom. The molecule has 0 aliphatic heterocycles. The first kappa shape index (κ1) is 30.2. The van der Waals surface area contributed by atoms with E-state index in [1.165, 1.54) is 16.3 Å². The molecule has 2 aliphatic carbocycles. The number of hydrogen-bond donors (Lipinski definition) is 3. The predicted molar refractivity (Wildman–Crippen MR) is 208 cm³/mol. The van der Waals surface area contributed by atoms with Gasteiger partial charge >= 0.3 is 0 Å². The summed E-state index contributed by atoms with van der Waals surface area (Å²) in [5.74, 6) is 0.171. The molecule has 242 valence electrons. The van der Waals surface area contributed by atoms with Crippen LogP contribution in [0.15, 0.2) is 146 Å². The molecule has 7 aromatic carbocycles. The van der Waals surface area contributed by atoms with Crippen LogP contribution in [0.2, 0.25) is 0 Å².